The third-order valence-corrected chi connectivity index (χ3v) is 2.47. The Bertz CT molecular complexity index is 337. The van der Waals surface area contributed by atoms with Crippen LogP contribution in [0.25, 0.3) is 0 Å². The molecule has 0 amide bonds. The van der Waals surface area contributed by atoms with Crippen molar-refractivity contribution in [1.29, 1.82) is 0 Å². The van der Waals surface area contributed by atoms with Crippen molar-refractivity contribution in [3.8, 4) is 5.75 Å². The zero-order valence-corrected chi connectivity index (χ0v) is 10.5. The second-order valence-corrected chi connectivity index (χ2v) is 4.44. The van der Waals surface area contributed by atoms with Crippen molar-refractivity contribution < 1.29 is 9.84 Å². The smallest absolute Gasteiger partial charge is 0.122 e. The normalized spacial score (nSPS) is 12.9. The van der Waals surface area contributed by atoms with Crippen LogP contribution in [0, 0.1) is 6.92 Å². The van der Waals surface area contributed by atoms with Gasteiger partial charge in [0.15, 0.2) is 0 Å². The summed E-state index contributed by atoms with van der Waals surface area (Å²) in [6.07, 6.45) is 0.272. The molecule has 1 unspecified atom stereocenters. The first-order valence-electron chi connectivity index (χ1n) is 5.49. The van der Waals surface area contributed by atoms with Crippen molar-refractivity contribution in [2.24, 2.45) is 0 Å². The average Bonchev–Trinajstić information content (AvgIpc) is 2.16. The number of ether oxygens (including phenoxy) is 1. The molecule has 1 N–H and O–H groups in total. The molecule has 0 aliphatic rings. The summed E-state index contributed by atoms with van der Waals surface area (Å²) < 4.78 is 5.28. The van der Waals surface area contributed by atoms with E-state index in [0.717, 1.165) is 11.3 Å². The van der Waals surface area contributed by atoms with Gasteiger partial charge in [-0.25, -0.2) is 0 Å². The van der Waals surface area contributed by atoms with Gasteiger partial charge in [-0.15, -0.1) is 0 Å². The molecule has 0 radical (unpaired) electrons. The minimum Gasteiger partial charge on any atom is -0.496 e. The van der Waals surface area contributed by atoms with E-state index in [0.29, 0.717) is 13.0 Å². The van der Waals surface area contributed by atoms with Gasteiger partial charge in [0.1, 0.15) is 5.75 Å². The molecule has 1 aromatic carbocycles. The van der Waals surface area contributed by atoms with Gasteiger partial charge in [-0.05, 0) is 32.6 Å². The van der Waals surface area contributed by atoms with E-state index in [-0.39, 0.29) is 6.10 Å². The molecule has 0 fully saturated rings. The number of aryl methyl sites for hydroxylation is 1. The fraction of sp³-hybridized carbons (Fsp3) is 0.538. The SMILES string of the molecule is COc1ccc(C)cc1CC(O)CN(C)C. The highest BCUT2D eigenvalue weighted by atomic mass is 16.5. The van der Waals surface area contributed by atoms with Crippen molar-refractivity contribution >= 4 is 0 Å². The summed E-state index contributed by atoms with van der Waals surface area (Å²) in [5, 5.41) is 9.89. The van der Waals surface area contributed by atoms with E-state index >= 15 is 0 Å². The van der Waals surface area contributed by atoms with Crippen molar-refractivity contribution in [2.75, 3.05) is 27.7 Å². The molecule has 3 nitrogen and oxygen atoms in total. The van der Waals surface area contributed by atoms with Gasteiger partial charge in [-0.2, -0.15) is 0 Å². The van der Waals surface area contributed by atoms with E-state index in [1.54, 1.807) is 7.11 Å². The summed E-state index contributed by atoms with van der Waals surface area (Å²) in [6, 6.07) is 6.03. The molecule has 0 heterocycles. The van der Waals surface area contributed by atoms with E-state index < -0.39 is 0 Å². The Labute approximate surface area is 97.7 Å². The topological polar surface area (TPSA) is 32.7 Å². The standard InChI is InChI=1S/C13H21NO2/c1-10-5-6-13(16-4)11(7-10)8-12(15)9-14(2)3/h5-7,12,15H,8-9H2,1-4H3. The fourth-order valence-corrected chi connectivity index (χ4v) is 1.81. The first-order valence-corrected chi connectivity index (χ1v) is 5.49. The molecule has 0 aliphatic carbocycles. The molecule has 0 bridgehead atoms. The largest absolute Gasteiger partial charge is 0.496 e. The second-order valence-electron chi connectivity index (χ2n) is 4.44. The van der Waals surface area contributed by atoms with Crippen LogP contribution in [-0.4, -0.2) is 43.9 Å². The van der Waals surface area contributed by atoms with Gasteiger partial charge in [-0.1, -0.05) is 17.7 Å². The molecule has 0 spiro atoms. The molecule has 90 valence electrons. The van der Waals surface area contributed by atoms with E-state index in [4.69, 9.17) is 4.74 Å². The Kier molecular flexibility index (Phi) is 4.77. The third kappa shape index (κ3) is 3.83. The number of methoxy groups -OCH3 is 1. The lowest BCUT2D eigenvalue weighted by Gasteiger charge is -2.17. The number of rotatable bonds is 5. The molecular formula is C13H21NO2. The summed E-state index contributed by atoms with van der Waals surface area (Å²) in [5.41, 5.74) is 2.25. The van der Waals surface area contributed by atoms with Crippen molar-refractivity contribution in [3.05, 3.63) is 29.3 Å². The summed E-state index contributed by atoms with van der Waals surface area (Å²) in [5.74, 6) is 0.850. The number of benzene rings is 1. The maximum Gasteiger partial charge on any atom is 0.122 e. The van der Waals surface area contributed by atoms with Crippen molar-refractivity contribution in [2.45, 2.75) is 19.4 Å². The van der Waals surface area contributed by atoms with Crippen molar-refractivity contribution in [1.82, 2.24) is 4.90 Å². The molecule has 3 heteroatoms. The minimum absolute atomic E-state index is 0.356. The average molecular weight is 223 g/mol. The number of aliphatic hydroxyl groups is 1. The molecule has 0 aliphatic heterocycles. The molecular weight excluding hydrogens is 202 g/mol. The van der Waals surface area contributed by atoms with Gasteiger partial charge in [-0.3, -0.25) is 0 Å². The molecule has 1 atom stereocenters. The molecule has 0 saturated carbocycles. The molecule has 1 rings (SSSR count). The molecule has 1 aromatic rings. The van der Waals surface area contributed by atoms with Crippen LogP contribution in [0.1, 0.15) is 11.1 Å². The predicted molar refractivity (Wildman–Crippen MR) is 66.0 cm³/mol. The molecule has 16 heavy (non-hydrogen) atoms. The fourth-order valence-electron chi connectivity index (χ4n) is 1.81. The van der Waals surface area contributed by atoms with Gasteiger partial charge >= 0.3 is 0 Å². The van der Waals surface area contributed by atoms with E-state index in [1.807, 2.05) is 38.1 Å². The quantitative estimate of drug-likeness (QED) is 0.820. The van der Waals surface area contributed by atoms with E-state index in [1.165, 1.54) is 5.56 Å². The summed E-state index contributed by atoms with van der Waals surface area (Å²) in [4.78, 5) is 1.98. The zero-order chi connectivity index (χ0) is 12.1. The predicted octanol–water partition coefficient (Wildman–Crippen LogP) is 1.47. The van der Waals surface area contributed by atoms with Crippen LogP contribution in [0.2, 0.25) is 0 Å². The summed E-state index contributed by atoms with van der Waals surface area (Å²) in [6.45, 7) is 2.71. The van der Waals surface area contributed by atoms with Crippen LogP contribution in [0.15, 0.2) is 18.2 Å². The lowest BCUT2D eigenvalue weighted by atomic mass is 10.0. The monoisotopic (exact) mass is 223 g/mol. The van der Waals surface area contributed by atoms with E-state index in [9.17, 15) is 5.11 Å². The third-order valence-electron chi connectivity index (χ3n) is 2.47. The van der Waals surface area contributed by atoms with Gasteiger partial charge in [0, 0.05) is 13.0 Å². The van der Waals surface area contributed by atoms with Gasteiger partial charge < -0.3 is 14.7 Å². The minimum atomic E-state index is -0.356. The van der Waals surface area contributed by atoms with Crippen LogP contribution in [0.5, 0.6) is 5.75 Å². The Balaban J connectivity index is 2.74. The maximum absolute atomic E-state index is 9.89. The summed E-state index contributed by atoms with van der Waals surface area (Å²) in [7, 11) is 5.57. The van der Waals surface area contributed by atoms with Crippen LogP contribution in [-0.2, 0) is 6.42 Å². The molecule has 0 aromatic heterocycles. The maximum atomic E-state index is 9.89. The lowest BCUT2D eigenvalue weighted by Crippen LogP contribution is -2.27. The van der Waals surface area contributed by atoms with Crippen LogP contribution >= 0.6 is 0 Å². The van der Waals surface area contributed by atoms with Gasteiger partial charge in [0.05, 0.1) is 13.2 Å². The Hall–Kier alpha value is -1.06. The number of nitrogens with zero attached hydrogens (tertiary/aromatic N) is 1. The number of aliphatic hydroxyl groups excluding tert-OH is 1. The second kappa shape index (κ2) is 5.87. The molecule has 0 saturated heterocycles. The highest BCUT2D eigenvalue weighted by molar-refractivity contribution is 5.37. The highest BCUT2D eigenvalue weighted by Crippen LogP contribution is 2.21. The number of hydrogen-bond donors (Lipinski definition) is 1. The first-order chi connectivity index (χ1) is 7.52. The van der Waals surface area contributed by atoms with Crippen LogP contribution in [0.4, 0.5) is 0 Å². The number of likely N-dealkylation sites (N-methyl/N-ethyl adjacent to an activating group) is 1. The first kappa shape index (κ1) is 13.0. The van der Waals surface area contributed by atoms with Gasteiger partial charge in [0.2, 0.25) is 0 Å². The number of hydrogen-bond acceptors (Lipinski definition) is 3. The Morgan fingerprint density at radius 1 is 1.38 bits per heavy atom. The Morgan fingerprint density at radius 3 is 2.62 bits per heavy atom. The van der Waals surface area contributed by atoms with E-state index in [2.05, 4.69) is 6.07 Å². The highest BCUT2D eigenvalue weighted by Gasteiger charge is 2.10. The van der Waals surface area contributed by atoms with Crippen molar-refractivity contribution in [3.63, 3.8) is 0 Å². The van der Waals surface area contributed by atoms with Crippen LogP contribution < -0.4 is 4.74 Å². The zero-order valence-electron chi connectivity index (χ0n) is 10.5. The Morgan fingerprint density at radius 2 is 2.06 bits per heavy atom. The summed E-state index contributed by atoms with van der Waals surface area (Å²) >= 11 is 0. The van der Waals surface area contributed by atoms with Gasteiger partial charge in [0.25, 0.3) is 0 Å². The van der Waals surface area contributed by atoms with Crippen LogP contribution in [0.3, 0.4) is 0 Å². The lowest BCUT2D eigenvalue weighted by molar-refractivity contribution is 0.136.